The molecule has 0 fully saturated rings. The predicted molar refractivity (Wildman–Crippen MR) is 67.8 cm³/mol. The van der Waals surface area contributed by atoms with Gasteiger partial charge in [-0.3, -0.25) is 4.79 Å². The van der Waals surface area contributed by atoms with Crippen LogP contribution in [-0.4, -0.2) is 17.6 Å². The topological polar surface area (TPSA) is 42.1 Å². The van der Waals surface area contributed by atoms with Gasteiger partial charge in [0.05, 0.1) is 0 Å². The second-order valence-electron chi connectivity index (χ2n) is 4.58. The number of aromatic amines is 1. The highest BCUT2D eigenvalue weighted by Gasteiger charge is 2.16. The Morgan fingerprint density at radius 2 is 2.12 bits per heavy atom. The molecule has 2 rings (SSSR count). The Morgan fingerprint density at radius 3 is 2.82 bits per heavy atom. The molecule has 1 aromatic carbocycles. The lowest BCUT2D eigenvalue weighted by molar-refractivity contribution is -0.135. The van der Waals surface area contributed by atoms with Crippen molar-refractivity contribution in [1.82, 2.24) is 4.98 Å². The summed E-state index contributed by atoms with van der Waals surface area (Å²) in [7, 11) is 0. The van der Waals surface area contributed by atoms with Crippen LogP contribution in [0.1, 0.15) is 19.4 Å². The molecule has 1 heterocycles. The SMILES string of the molecule is CC(C)C(Cc1c[nH]c2ccccc12)OC=O. The fourth-order valence-corrected chi connectivity index (χ4v) is 2.03. The Balaban J connectivity index is 2.24. The predicted octanol–water partition coefficient (Wildman–Crippen LogP) is 2.91. The van der Waals surface area contributed by atoms with Crippen LogP contribution in [0.4, 0.5) is 0 Å². The van der Waals surface area contributed by atoms with Crippen LogP contribution in [-0.2, 0) is 16.0 Å². The second kappa shape index (κ2) is 5.04. The molecule has 1 unspecified atom stereocenters. The first-order valence-electron chi connectivity index (χ1n) is 5.86. The van der Waals surface area contributed by atoms with E-state index < -0.39 is 0 Å². The molecule has 3 nitrogen and oxygen atoms in total. The number of aromatic nitrogens is 1. The van der Waals surface area contributed by atoms with Gasteiger partial charge in [-0.1, -0.05) is 32.0 Å². The highest BCUT2D eigenvalue weighted by atomic mass is 16.5. The van der Waals surface area contributed by atoms with E-state index in [1.165, 1.54) is 10.9 Å². The Labute approximate surface area is 101 Å². The molecule has 0 saturated heterocycles. The van der Waals surface area contributed by atoms with Crippen molar-refractivity contribution in [2.75, 3.05) is 0 Å². The summed E-state index contributed by atoms with van der Waals surface area (Å²) >= 11 is 0. The molecular formula is C14H17NO2. The van der Waals surface area contributed by atoms with Gasteiger partial charge in [-0.2, -0.15) is 0 Å². The minimum Gasteiger partial charge on any atom is -0.464 e. The number of H-pyrrole nitrogens is 1. The molecule has 0 aliphatic carbocycles. The van der Waals surface area contributed by atoms with Gasteiger partial charge in [-0.05, 0) is 17.5 Å². The minimum atomic E-state index is -0.0632. The van der Waals surface area contributed by atoms with Gasteiger partial charge in [0.25, 0.3) is 6.47 Å². The molecule has 0 spiro atoms. The van der Waals surface area contributed by atoms with Gasteiger partial charge in [-0.15, -0.1) is 0 Å². The minimum absolute atomic E-state index is 0.0632. The third kappa shape index (κ3) is 2.49. The zero-order valence-corrected chi connectivity index (χ0v) is 10.1. The molecule has 1 atom stereocenters. The van der Waals surface area contributed by atoms with Crippen LogP contribution in [0.5, 0.6) is 0 Å². The van der Waals surface area contributed by atoms with Crippen molar-refractivity contribution in [2.45, 2.75) is 26.4 Å². The van der Waals surface area contributed by atoms with Crippen molar-refractivity contribution in [3.05, 3.63) is 36.0 Å². The lowest BCUT2D eigenvalue weighted by Gasteiger charge is -2.18. The maximum Gasteiger partial charge on any atom is 0.293 e. The molecule has 1 N–H and O–H groups in total. The average Bonchev–Trinajstić information content (AvgIpc) is 2.72. The van der Waals surface area contributed by atoms with Crippen LogP contribution in [0.3, 0.4) is 0 Å². The molecule has 0 aliphatic rings. The molecule has 17 heavy (non-hydrogen) atoms. The monoisotopic (exact) mass is 231 g/mol. The summed E-state index contributed by atoms with van der Waals surface area (Å²) in [5.74, 6) is 0.314. The van der Waals surface area contributed by atoms with E-state index in [-0.39, 0.29) is 6.10 Å². The Bertz CT molecular complexity index is 502. The Morgan fingerprint density at radius 1 is 1.35 bits per heavy atom. The molecule has 0 bridgehead atoms. The van der Waals surface area contributed by atoms with Crippen LogP contribution in [0.25, 0.3) is 10.9 Å². The van der Waals surface area contributed by atoms with E-state index in [0.717, 1.165) is 11.9 Å². The van der Waals surface area contributed by atoms with Crippen LogP contribution >= 0.6 is 0 Å². The van der Waals surface area contributed by atoms with E-state index in [1.54, 1.807) is 0 Å². The summed E-state index contributed by atoms with van der Waals surface area (Å²) in [6.45, 7) is 4.66. The van der Waals surface area contributed by atoms with E-state index in [9.17, 15) is 4.79 Å². The number of carbonyl (C=O) groups excluding carboxylic acids is 1. The maximum atomic E-state index is 10.5. The van der Waals surface area contributed by atoms with Gasteiger partial charge in [-0.25, -0.2) is 0 Å². The molecule has 2 aromatic rings. The van der Waals surface area contributed by atoms with Crippen LogP contribution in [0.15, 0.2) is 30.5 Å². The van der Waals surface area contributed by atoms with Gasteiger partial charge in [0.15, 0.2) is 0 Å². The van der Waals surface area contributed by atoms with Crippen LogP contribution in [0, 0.1) is 5.92 Å². The number of para-hydroxylation sites is 1. The number of hydrogen-bond acceptors (Lipinski definition) is 2. The van der Waals surface area contributed by atoms with Crippen molar-refractivity contribution in [1.29, 1.82) is 0 Å². The van der Waals surface area contributed by atoms with Crippen molar-refractivity contribution >= 4 is 17.4 Å². The number of carbonyl (C=O) groups is 1. The summed E-state index contributed by atoms with van der Waals surface area (Å²) in [5.41, 5.74) is 2.32. The van der Waals surface area contributed by atoms with Gasteiger partial charge in [0.1, 0.15) is 6.10 Å². The zero-order chi connectivity index (χ0) is 12.3. The molecule has 0 amide bonds. The lowest BCUT2D eigenvalue weighted by atomic mass is 9.99. The number of ether oxygens (including phenoxy) is 1. The molecule has 3 heteroatoms. The largest absolute Gasteiger partial charge is 0.464 e. The van der Waals surface area contributed by atoms with Crippen molar-refractivity contribution in [3.8, 4) is 0 Å². The quantitative estimate of drug-likeness (QED) is 0.804. The first-order valence-corrected chi connectivity index (χ1v) is 5.86. The molecule has 0 aliphatic heterocycles. The highest BCUT2D eigenvalue weighted by Crippen LogP contribution is 2.21. The normalized spacial score (nSPS) is 12.9. The zero-order valence-electron chi connectivity index (χ0n) is 10.1. The van der Waals surface area contributed by atoms with E-state index in [0.29, 0.717) is 12.4 Å². The van der Waals surface area contributed by atoms with Crippen LogP contribution in [0.2, 0.25) is 0 Å². The molecule has 90 valence electrons. The van der Waals surface area contributed by atoms with Gasteiger partial charge < -0.3 is 9.72 Å². The summed E-state index contributed by atoms with van der Waals surface area (Å²) < 4.78 is 5.13. The average molecular weight is 231 g/mol. The smallest absolute Gasteiger partial charge is 0.293 e. The number of fused-ring (bicyclic) bond motifs is 1. The molecule has 1 aromatic heterocycles. The van der Waals surface area contributed by atoms with E-state index in [4.69, 9.17) is 4.74 Å². The third-order valence-corrected chi connectivity index (χ3v) is 3.07. The molecular weight excluding hydrogens is 214 g/mol. The first kappa shape index (κ1) is 11.7. The van der Waals surface area contributed by atoms with Gasteiger partial charge in [0.2, 0.25) is 0 Å². The third-order valence-electron chi connectivity index (χ3n) is 3.07. The van der Waals surface area contributed by atoms with Crippen molar-refractivity contribution < 1.29 is 9.53 Å². The lowest BCUT2D eigenvalue weighted by Crippen LogP contribution is -2.21. The number of nitrogens with one attached hydrogen (secondary N) is 1. The van der Waals surface area contributed by atoms with Crippen molar-refractivity contribution in [2.24, 2.45) is 5.92 Å². The Kier molecular flexibility index (Phi) is 3.47. The van der Waals surface area contributed by atoms with Gasteiger partial charge >= 0.3 is 0 Å². The number of rotatable bonds is 5. The Hall–Kier alpha value is -1.77. The second-order valence-corrected chi connectivity index (χ2v) is 4.58. The fraction of sp³-hybridized carbons (Fsp3) is 0.357. The fourth-order valence-electron chi connectivity index (χ4n) is 2.03. The van der Waals surface area contributed by atoms with Gasteiger partial charge in [0, 0.05) is 23.5 Å². The van der Waals surface area contributed by atoms with Crippen molar-refractivity contribution in [3.63, 3.8) is 0 Å². The van der Waals surface area contributed by atoms with E-state index in [2.05, 4.69) is 24.9 Å². The van der Waals surface area contributed by atoms with Crippen LogP contribution < -0.4 is 0 Å². The van der Waals surface area contributed by atoms with E-state index >= 15 is 0 Å². The highest BCUT2D eigenvalue weighted by molar-refractivity contribution is 5.83. The summed E-state index contributed by atoms with van der Waals surface area (Å²) in [5, 5.41) is 1.20. The maximum absolute atomic E-state index is 10.5. The van der Waals surface area contributed by atoms with E-state index in [1.807, 2.05) is 24.4 Å². The summed E-state index contributed by atoms with van der Waals surface area (Å²) in [6.07, 6.45) is 2.68. The summed E-state index contributed by atoms with van der Waals surface area (Å²) in [4.78, 5) is 13.7. The number of hydrogen-bond donors (Lipinski definition) is 1. The summed E-state index contributed by atoms with van der Waals surface area (Å²) in [6, 6.07) is 8.15. The molecule has 0 saturated carbocycles. The number of benzene rings is 1. The standard InChI is InChI=1S/C14H17NO2/c1-10(2)14(17-9-16)7-11-8-15-13-6-4-3-5-12(11)13/h3-6,8-10,14-15H,7H2,1-2H3. The molecule has 0 radical (unpaired) electrons. The first-order chi connectivity index (χ1) is 8.22.